The molecule has 2 N–H and O–H groups in total. The van der Waals surface area contributed by atoms with Crippen LogP contribution < -0.4 is 5.73 Å². The molecule has 0 radical (unpaired) electrons. The molecule has 0 spiro atoms. The fourth-order valence-electron chi connectivity index (χ4n) is 2.35. The molecule has 0 unspecified atom stereocenters. The van der Waals surface area contributed by atoms with Crippen LogP contribution in [0.1, 0.15) is 57.3 Å². The summed E-state index contributed by atoms with van der Waals surface area (Å²) in [5, 5.41) is 4.04. The molecule has 0 saturated heterocycles. The molecule has 1 aliphatic rings. The van der Waals surface area contributed by atoms with Crippen LogP contribution in [0, 0.1) is 5.92 Å². The maximum atomic E-state index is 5.73. The van der Waals surface area contributed by atoms with E-state index in [0.29, 0.717) is 11.7 Å². The Morgan fingerprint density at radius 2 is 2.12 bits per heavy atom. The van der Waals surface area contributed by atoms with Gasteiger partial charge in [0.15, 0.2) is 0 Å². The van der Waals surface area contributed by atoms with Crippen LogP contribution >= 0.6 is 0 Å². The quantitative estimate of drug-likeness (QED) is 0.874. The van der Waals surface area contributed by atoms with Crippen molar-refractivity contribution in [1.29, 1.82) is 0 Å². The maximum Gasteiger partial charge on any atom is 0.243 e. The van der Waals surface area contributed by atoms with E-state index < -0.39 is 0 Å². The summed E-state index contributed by atoms with van der Waals surface area (Å²) in [6, 6.07) is -0.229. The number of methoxy groups -OCH3 is 1. The lowest BCUT2D eigenvalue weighted by Crippen LogP contribution is -2.34. The van der Waals surface area contributed by atoms with E-state index in [2.05, 4.69) is 17.1 Å². The van der Waals surface area contributed by atoms with Gasteiger partial charge in [-0.25, -0.2) is 0 Å². The van der Waals surface area contributed by atoms with E-state index in [0.717, 1.165) is 31.6 Å². The molecule has 1 aliphatic carbocycles. The molecule has 1 fully saturated rings. The highest BCUT2D eigenvalue weighted by molar-refractivity contribution is 5.04. The maximum absolute atomic E-state index is 5.73. The van der Waals surface area contributed by atoms with Crippen LogP contribution in [0.3, 0.4) is 0 Å². The van der Waals surface area contributed by atoms with Crippen molar-refractivity contribution in [3.8, 4) is 0 Å². The van der Waals surface area contributed by atoms with Crippen molar-refractivity contribution in [2.75, 3.05) is 7.11 Å². The van der Waals surface area contributed by atoms with Crippen LogP contribution in [0.2, 0.25) is 0 Å². The number of nitrogens with zero attached hydrogens (tertiary/aromatic N) is 2. The van der Waals surface area contributed by atoms with E-state index >= 15 is 0 Å². The molecular weight excluding hydrogens is 218 g/mol. The molecule has 0 aliphatic heterocycles. The molecule has 0 aromatic carbocycles. The normalized spacial score (nSPS) is 31.4. The topological polar surface area (TPSA) is 74.2 Å². The van der Waals surface area contributed by atoms with Crippen LogP contribution in [0.4, 0.5) is 0 Å². The minimum Gasteiger partial charge on any atom is -0.370 e. The van der Waals surface area contributed by atoms with E-state index in [1.807, 2.05) is 6.92 Å². The summed E-state index contributed by atoms with van der Waals surface area (Å²) in [5.41, 5.74) is 5.35. The van der Waals surface area contributed by atoms with Crippen LogP contribution in [-0.4, -0.2) is 17.3 Å². The number of hydrogen-bond acceptors (Lipinski definition) is 5. The van der Waals surface area contributed by atoms with Gasteiger partial charge in [0.2, 0.25) is 11.7 Å². The van der Waals surface area contributed by atoms with Gasteiger partial charge < -0.3 is 15.0 Å². The Morgan fingerprint density at radius 1 is 1.47 bits per heavy atom. The third kappa shape index (κ3) is 2.35. The zero-order valence-corrected chi connectivity index (χ0v) is 10.8. The second-order valence-corrected chi connectivity index (χ2v) is 5.13. The number of aromatic nitrogens is 2. The van der Waals surface area contributed by atoms with Crippen LogP contribution in [0.25, 0.3) is 0 Å². The second-order valence-electron chi connectivity index (χ2n) is 5.13. The molecule has 1 atom stereocenters. The van der Waals surface area contributed by atoms with E-state index in [1.54, 1.807) is 7.11 Å². The van der Waals surface area contributed by atoms with Gasteiger partial charge in [-0.2, -0.15) is 4.98 Å². The van der Waals surface area contributed by atoms with E-state index in [-0.39, 0.29) is 11.6 Å². The van der Waals surface area contributed by atoms with Crippen molar-refractivity contribution in [2.45, 2.75) is 51.2 Å². The molecule has 5 nitrogen and oxygen atoms in total. The minimum absolute atomic E-state index is 0.229. The molecule has 1 aromatic heterocycles. The lowest BCUT2D eigenvalue weighted by Gasteiger charge is -2.35. The van der Waals surface area contributed by atoms with Crippen molar-refractivity contribution >= 4 is 0 Å². The van der Waals surface area contributed by atoms with Gasteiger partial charge in [-0.05, 0) is 38.5 Å². The first-order chi connectivity index (χ1) is 8.07. The molecule has 0 amide bonds. The summed E-state index contributed by atoms with van der Waals surface area (Å²) in [4.78, 5) is 4.37. The molecule has 1 heterocycles. The average molecular weight is 239 g/mol. The van der Waals surface area contributed by atoms with Gasteiger partial charge in [-0.1, -0.05) is 12.1 Å². The van der Waals surface area contributed by atoms with Gasteiger partial charge in [0.1, 0.15) is 5.60 Å². The highest BCUT2D eigenvalue weighted by atomic mass is 16.5. The summed E-state index contributed by atoms with van der Waals surface area (Å²) in [6.45, 7) is 4.10. The lowest BCUT2D eigenvalue weighted by molar-refractivity contribution is -0.0609. The number of rotatable bonds is 3. The smallest absolute Gasteiger partial charge is 0.243 e. The first-order valence-electron chi connectivity index (χ1n) is 6.22. The highest BCUT2D eigenvalue weighted by Crippen LogP contribution is 2.40. The van der Waals surface area contributed by atoms with Gasteiger partial charge in [0, 0.05) is 7.11 Å². The standard InChI is InChI=1S/C12H21N3O2/c1-8-4-6-12(16-3,7-5-8)11-14-10(9(2)13)17-15-11/h8-9H,4-7,13H2,1-3H3/t8?,9-,12?/m0/s1. The number of hydrogen-bond donors (Lipinski definition) is 1. The first-order valence-corrected chi connectivity index (χ1v) is 6.22. The molecule has 96 valence electrons. The molecule has 1 saturated carbocycles. The van der Waals surface area contributed by atoms with Gasteiger partial charge in [-0.3, -0.25) is 0 Å². The molecule has 2 rings (SSSR count). The summed E-state index contributed by atoms with van der Waals surface area (Å²) in [6.07, 6.45) is 4.16. The molecule has 1 aromatic rings. The Kier molecular flexibility index (Phi) is 3.49. The Balaban J connectivity index is 2.22. The van der Waals surface area contributed by atoms with Crippen LogP contribution in [0.15, 0.2) is 4.52 Å². The molecule has 0 bridgehead atoms. The van der Waals surface area contributed by atoms with E-state index in [4.69, 9.17) is 15.0 Å². The first kappa shape index (κ1) is 12.5. The van der Waals surface area contributed by atoms with Gasteiger partial charge in [0.05, 0.1) is 6.04 Å². The second kappa shape index (κ2) is 4.74. The zero-order valence-electron chi connectivity index (χ0n) is 10.8. The number of ether oxygens (including phenoxy) is 1. The molecule has 17 heavy (non-hydrogen) atoms. The van der Waals surface area contributed by atoms with Gasteiger partial charge in [-0.15, -0.1) is 0 Å². The predicted octanol–water partition coefficient (Wildman–Crippen LogP) is 2.14. The predicted molar refractivity (Wildman–Crippen MR) is 63.2 cm³/mol. The molecule has 5 heteroatoms. The van der Waals surface area contributed by atoms with Gasteiger partial charge >= 0.3 is 0 Å². The Bertz CT molecular complexity index is 368. The Morgan fingerprint density at radius 3 is 2.59 bits per heavy atom. The van der Waals surface area contributed by atoms with Crippen molar-refractivity contribution in [2.24, 2.45) is 11.7 Å². The van der Waals surface area contributed by atoms with Crippen LogP contribution in [0.5, 0.6) is 0 Å². The van der Waals surface area contributed by atoms with E-state index in [1.165, 1.54) is 0 Å². The summed E-state index contributed by atoms with van der Waals surface area (Å²) in [7, 11) is 1.72. The average Bonchev–Trinajstić information content (AvgIpc) is 2.81. The summed E-state index contributed by atoms with van der Waals surface area (Å²) < 4.78 is 10.8. The fraction of sp³-hybridized carbons (Fsp3) is 0.833. The van der Waals surface area contributed by atoms with Gasteiger partial charge in [0.25, 0.3) is 0 Å². The largest absolute Gasteiger partial charge is 0.370 e. The lowest BCUT2D eigenvalue weighted by atomic mass is 9.79. The monoisotopic (exact) mass is 239 g/mol. The summed E-state index contributed by atoms with van der Waals surface area (Å²) in [5.74, 6) is 1.88. The fourth-order valence-corrected chi connectivity index (χ4v) is 2.35. The summed E-state index contributed by atoms with van der Waals surface area (Å²) >= 11 is 0. The third-order valence-electron chi connectivity index (χ3n) is 3.71. The number of nitrogens with two attached hydrogens (primary N) is 1. The van der Waals surface area contributed by atoms with Crippen LogP contribution in [-0.2, 0) is 10.3 Å². The minimum atomic E-state index is -0.372. The van der Waals surface area contributed by atoms with Crippen molar-refractivity contribution < 1.29 is 9.26 Å². The van der Waals surface area contributed by atoms with Crippen molar-refractivity contribution in [3.63, 3.8) is 0 Å². The van der Waals surface area contributed by atoms with E-state index in [9.17, 15) is 0 Å². The van der Waals surface area contributed by atoms with Crippen molar-refractivity contribution in [3.05, 3.63) is 11.7 Å². The molecular formula is C12H21N3O2. The Hall–Kier alpha value is -0.940. The highest BCUT2D eigenvalue weighted by Gasteiger charge is 2.40. The van der Waals surface area contributed by atoms with Crippen molar-refractivity contribution in [1.82, 2.24) is 10.1 Å². The zero-order chi connectivity index (χ0) is 12.5. The third-order valence-corrected chi connectivity index (χ3v) is 3.71. The Labute approximate surface area is 102 Å². The SMILES string of the molecule is COC1(c2noc([C@H](C)N)n2)CCC(C)CC1.